The van der Waals surface area contributed by atoms with Crippen LogP contribution in [-0.4, -0.2) is 113 Å². The molecular weight excluding hydrogens is 929 g/mol. The highest BCUT2D eigenvalue weighted by Gasteiger charge is 2.20. The lowest BCUT2D eigenvalue weighted by molar-refractivity contribution is -0.124. The number of rotatable bonds is 24. The van der Waals surface area contributed by atoms with E-state index in [-0.39, 0.29) is 25.3 Å². The molecule has 0 aliphatic heterocycles. The lowest BCUT2D eigenvalue weighted by Crippen LogP contribution is -2.33. The summed E-state index contributed by atoms with van der Waals surface area (Å²) < 4.78 is 58.6. The smallest absolute Gasteiger partial charge is 0.259 e. The molecule has 0 spiro atoms. The summed E-state index contributed by atoms with van der Waals surface area (Å²) in [5, 5.41) is 0. The first-order chi connectivity index (χ1) is 33.5. The monoisotopic (exact) mass is 992 g/mol. The molecule has 0 aliphatic carbocycles. The second kappa shape index (κ2) is 27.0. The van der Waals surface area contributed by atoms with Gasteiger partial charge in [0.25, 0.3) is 11.8 Å². The Labute approximate surface area is 413 Å². The fourth-order valence-corrected chi connectivity index (χ4v) is 8.24. The molecule has 372 valence electrons. The van der Waals surface area contributed by atoms with E-state index in [1.165, 1.54) is 0 Å². The van der Waals surface area contributed by atoms with Gasteiger partial charge in [-0.15, -0.1) is 0 Å². The summed E-state index contributed by atoms with van der Waals surface area (Å²) in [6, 6.07) is 40.6. The predicted octanol–water partition coefficient (Wildman–Crippen LogP) is 7.80. The number of carbonyl (C=O) groups excluding carboxylic acids is 2. The molecule has 0 bridgehead atoms. The van der Waals surface area contributed by atoms with Crippen molar-refractivity contribution < 1.29 is 35.9 Å². The molecular formula is C52H64N8O8S2. The number of aromatic nitrogens is 4. The molecule has 0 fully saturated rings. The summed E-state index contributed by atoms with van der Waals surface area (Å²) in [6.07, 6.45) is 8.57. The number of sulfonamides is 2. The van der Waals surface area contributed by atoms with Gasteiger partial charge in [0.2, 0.25) is 20.0 Å². The van der Waals surface area contributed by atoms with Crippen LogP contribution in [-0.2, 0) is 39.1 Å². The van der Waals surface area contributed by atoms with Crippen molar-refractivity contribution in [1.29, 1.82) is 0 Å². The van der Waals surface area contributed by atoms with E-state index in [0.717, 1.165) is 108 Å². The molecule has 16 nitrogen and oxygen atoms in total. The van der Waals surface area contributed by atoms with Gasteiger partial charge in [0.15, 0.2) is 0 Å². The average Bonchev–Trinajstić information content (AvgIpc) is 3.33. The quantitative estimate of drug-likeness (QED) is 0.0556. The van der Waals surface area contributed by atoms with Crippen molar-refractivity contribution in [1.82, 2.24) is 29.4 Å². The summed E-state index contributed by atoms with van der Waals surface area (Å²) in [6.45, 7) is 10.1. The Morgan fingerprint density at radius 3 is 1.07 bits per heavy atom. The van der Waals surface area contributed by atoms with Gasteiger partial charge >= 0.3 is 0 Å². The predicted molar refractivity (Wildman–Crippen MR) is 277 cm³/mol. The zero-order valence-corrected chi connectivity index (χ0v) is 42.3. The first kappa shape index (κ1) is 54.3. The van der Waals surface area contributed by atoms with Crippen molar-refractivity contribution in [2.45, 2.75) is 65.5 Å². The maximum Gasteiger partial charge on any atom is 0.259 e. The first-order valence-corrected chi connectivity index (χ1v) is 26.9. The zero-order valence-electron chi connectivity index (χ0n) is 40.7. The maximum absolute atomic E-state index is 11.5. The van der Waals surface area contributed by atoms with Gasteiger partial charge in [-0.2, -0.15) is 0 Å². The van der Waals surface area contributed by atoms with Crippen molar-refractivity contribution in [3.05, 3.63) is 134 Å². The van der Waals surface area contributed by atoms with Gasteiger partial charge in [0.1, 0.15) is 24.8 Å². The largest absolute Gasteiger partial charge is 0.372 e. The molecule has 2 heterocycles. The number of nitrogens with zero attached hydrogens (tertiary/aromatic N) is 6. The fraction of sp³-hybridized carbons (Fsp3) is 0.346. The first-order valence-electron chi connectivity index (χ1n) is 23.1. The van der Waals surface area contributed by atoms with Crippen molar-refractivity contribution in [2.24, 2.45) is 0 Å². The summed E-state index contributed by atoms with van der Waals surface area (Å²) in [7, 11) is -7.13. The number of carbonyl (C=O) groups is 2. The average molecular weight is 993 g/mol. The lowest BCUT2D eigenvalue weighted by Gasteiger charge is -2.28. The van der Waals surface area contributed by atoms with Crippen LogP contribution in [0.2, 0.25) is 0 Å². The Morgan fingerprint density at radius 2 is 0.786 bits per heavy atom. The minimum absolute atomic E-state index is 0.206. The van der Waals surface area contributed by atoms with Gasteiger partial charge in [0, 0.05) is 60.6 Å². The molecule has 2 N–H and O–H groups in total. The molecule has 0 atom stereocenters. The second-order valence-corrected chi connectivity index (χ2v) is 20.5. The minimum Gasteiger partial charge on any atom is -0.372 e. The Morgan fingerprint density at radius 1 is 0.486 bits per heavy atom. The number of amides is 2. The third kappa shape index (κ3) is 18.0. The standard InChI is InChI=1S/2C26H32N4O4S/c2*1-20(2)30(16-10-11-17-34-19-24(31)29-35(3,32)33)23-18-27-25(21-12-6-4-7-13-21)26(28-23)22-14-8-5-9-15-22/h2*4-9,12-15,18,20H,10-11,16-17,19H2,1-3H3,(H,29,31). The van der Waals surface area contributed by atoms with E-state index in [9.17, 15) is 26.4 Å². The highest BCUT2D eigenvalue weighted by Crippen LogP contribution is 2.32. The van der Waals surface area contributed by atoms with E-state index in [1.54, 1.807) is 0 Å². The molecule has 18 heteroatoms. The van der Waals surface area contributed by atoms with Crippen molar-refractivity contribution in [2.75, 3.05) is 61.8 Å². The number of hydrogen-bond acceptors (Lipinski definition) is 14. The van der Waals surface area contributed by atoms with Crippen LogP contribution in [0, 0.1) is 0 Å². The summed E-state index contributed by atoms with van der Waals surface area (Å²) in [5.41, 5.74) is 7.38. The molecule has 0 saturated heterocycles. The molecule has 6 rings (SSSR count). The van der Waals surface area contributed by atoms with E-state index >= 15 is 0 Å². The molecule has 0 unspecified atom stereocenters. The summed E-state index contributed by atoms with van der Waals surface area (Å²) in [4.78, 5) is 47.1. The Balaban J connectivity index is 0.000000261. The molecule has 2 amide bonds. The molecule has 2 aromatic heterocycles. The maximum atomic E-state index is 11.5. The highest BCUT2D eigenvalue weighted by molar-refractivity contribution is 7.89. The molecule has 70 heavy (non-hydrogen) atoms. The van der Waals surface area contributed by atoms with Crippen LogP contribution in [0.1, 0.15) is 53.4 Å². The van der Waals surface area contributed by atoms with Crippen molar-refractivity contribution in [3.63, 3.8) is 0 Å². The van der Waals surface area contributed by atoms with Crippen LogP contribution < -0.4 is 19.2 Å². The number of benzene rings is 4. The van der Waals surface area contributed by atoms with Gasteiger partial charge in [-0.05, 0) is 53.4 Å². The van der Waals surface area contributed by atoms with E-state index in [1.807, 2.05) is 143 Å². The molecule has 0 radical (unpaired) electrons. The lowest BCUT2D eigenvalue weighted by atomic mass is 10.0. The Hall–Kier alpha value is -6.60. The number of anilines is 2. The van der Waals surface area contributed by atoms with Gasteiger partial charge in [0.05, 0.1) is 47.7 Å². The van der Waals surface area contributed by atoms with Crippen molar-refractivity contribution >= 4 is 43.5 Å². The Kier molecular flexibility index (Phi) is 20.9. The van der Waals surface area contributed by atoms with Crippen molar-refractivity contribution in [3.8, 4) is 45.0 Å². The number of nitrogens with one attached hydrogen (secondary N) is 2. The van der Waals surface area contributed by atoms with Gasteiger partial charge in [-0.3, -0.25) is 29.0 Å². The van der Waals surface area contributed by atoms with Crippen LogP contribution >= 0.6 is 0 Å². The third-order valence-electron chi connectivity index (χ3n) is 10.5. The summed E-state index contributed by atoms with van der Waals surface area (Å²) in [5.74, 6) is 0.260. The summed E-state index contributed by atoms with van der Waals surface area (Å²) >= 11 is 0. The molecule has 0 saturated carbocycles. The van der Waals surface area contributed by atoms with Gasteiger partial charge in [-0.1, -0.05) is 121 Å². The van der Waals surface area contributed by atoms with Gasteiger partial charge in [-0.25, -0.2) is 26.8 Å². The molecule has 0 aliphatic rings. The number of unbranched alkanes of at least 4 members (excludes halogenated alkanes) is 2. The fourth-order valence-electron chi connectivity index (χ4n) is 7.29. The van der Waals surface area contributed by atoms with E-state index in [4.69, 9.17) is 29.4 Å². The van der Waals surface area contributed by atoms with Crippen LogP contribution in [0.15, 0.2) is 134 Å². The van der Waals surface area contributed by atoms with E-state index in [2.05, 4.69) is 37.5 Å². The van der Waals surface area contributed by atoms with Crippen LogP contribution in [0.5, 0.6) is 0 Å². The SMILES string of the molecule is CC(C)N(CCCCOCC(=O)NS(C)(=O)=O)c1cnc(-c2ccccc2)c(-c2ccccc2)n1.CC(C)N(CCCCOCC(=O)NS(C)(=O)=O)c1cnc(-c2ccccc2)c(-c2ccccc2)n1. The third-order valence-corrected chi connectivity index (χ3v) is 11.7. The highest BCUT2D eigenvalue weighted by atomic mass is 32.2. The van der Waals surface area contributed by atoms with E-state index in [0.29, 0.717) is 13.2 Å². The Bertz CT molecular complexity index is 2600. The number of hydrogen-bond donors (Lipinski definition) is 2. The normalized spacial score (nSPS) is 11.4. The minimum atomic E-state index is -3.57. The van der Waals surface area contributed by atoms with Crippen LogP contribution in [0.4, 0.5) is 11.6 Å². The topological polar surface area (TPSA) is 203 Å². The van der Waals surface area contributed by atoms with Crippen LogP contribution in [0.25, 0.3) is 45.0 Å². The molecule has 4 aromatic carbocycles. The second-order valence-electron chi connectivity index (χ2n) is 17.0. The van der Waals surface area contributed by atoms with Gasteiger partial charge < -0.3 is 19.3 Å². The van der Waals surface area contributed by atoms with Crippen LogP contribution in [0.3, 0.4) is 0 Å². The van der Waals surface area contributed by atoms with E-state index < -0.39 is 31.9 Å². The number of ether oxygens (including phenoxy) is 2. The zero-order chi connectivity index (χ0) is 50.5. The molecule has 6 aromatic rings.